The molecule has 9 heteroatoms. The molecular weight excluding hydrogens is 460 g/mol. The van der Waals surface area contributed by atoms with E-state index in [0.717, 1.165) is 42.5 Å². The lowest BCUT2D eigenvalue weighted by atomic mass is 10.1. The first-order valence-corrected chi connectivity index (χ1v) is 12.9. The van der Waals surface area contributed by atoms with Crippen LogP contribution in [0.1, 0.15) is 50.4 Å². The number of thiophene rings is 1. The van der Waals surface area contributed by atoms with Gasteiger partial charge < -0.3 is 10.1 Å². The highest BCUT2D eigenvalue weighted by atomic mass is 32.2. The number of hydrogen-bond acceptors (Lipinski definition) is 6. The third kappa shape index (κ3) is 5.09. The fraction of sp³-hybridized carbons (Fsp3) is 0.250. The number of esters is 1. The third-order valence-corrected chi connectivity index (χ3v) is 8.10. The van der Waals surface area contributed by atoms with Crippen LogP contribution in [0.2, 0.25) is 0 Å². The zero-order valence-corrected chi connectivity index (χ0v) is 19.7. The predicted molar refractivity (Wildman–Crippen MR) is 129 cm³/mol. The van der Waals surface area contributed by atoms with Crippen molar-refractivity contribution in [3.63, 3.8) is 0 Å². The van der Waals surface area contributed by atoms with Crippen molar-refractivity contribution in [1.82, 2.24) is 0 Å². The van der Waals surface area contributed by atoms with Crippen LogP contribution in [0.4, 0.5) is 10.7 Å². The number of ether oxygens (including phenoxy) is 1. The zero-order valence-electron chi connectivity index (χ0n) is 18.1. The second-order valence-electron chi connectivity index (χ2n) is 7.71. The number of anilines is 2. The van der Waals surface area contributed by atoms with E-state index >= 15 is 0 Å². The number of nitrogens with one attached hydrogen (secondary N) is 2. The van der Waals surface area contributed by atoms with Crippen molar-refractivity contribution < 1.29 is 22.7 Å². The Morgan fingerprint density at radius 1 is 0.939 bits per heavy atom. The molecule has 0 saturated heterocycles. The van der Waals surface area contributed by atoms with Gasteiger partial charge in [0.25, 0.3) is 15.9 Å². The molecule has 1 aliphatic rings. The largest absolute Gasteiger partial charge is 0.465 e. The Balaban J connectivity index is 1.52. The van der Waals surface area contributed by atoms with Crippen LogP contribution in [0.3, 0.4) is 0 Å². The highest BCUT2D eigenvalue weighted by Crippen LogP contribution is 2.38. The minimum atomic E-state index is -3.72. The minimum Gasteiger partial charge on any atom is -0.465 e. The van der Waals surface area contributed by atoms with Crippen LogP contribution in [-0.4, -0.2) is 27.4 Å². The molecule has 1 aromatic heterocycles. The molecule has 0 saturated carbocycles. The minimum absolute atomic E-state index is 0.152. The lowest BCUT2D eigenvalue weighted by molar-refractivity contribution is 0.0601. The van der Waals surface area contributed by atoms with E-state index in [2.05, 4.69) is 10.0 Å². The fourth-order valence-corrected chi connectivity index (χ4v) is 6.18. The fourth-order valence-electron chi connectivity index (χ4n) is 3.83. The number of carbonyl (C=O) groups excluding carboxylic acids is 2. The predicted octanol–water partition coefficient (Wildman–Crippen LogP) is 4.86. The second kappa shape index (κ2) is 9.76. The van der Waals surface area contributed by atoms with Gasteiger partial charge in [-0.2, -0.15) is 0 Å². The van der Waals surface area contributed by atoms with E-state index in [9.17, 15) is 18.0 Å². The zero-order chi connectivity index (χ0) is 23.4. The number of amides is 1. The van der Waals surface area contributed by atoms with Crippen molar-refractivity contribution in [1.29, 1.82) is 0 Å². The monoisotopic (exact) mass is 484 g/mol. The van der Waals surface area contributed by atoms with Crippen LogP contribution in [0.5, 0.6) is 0 Å². The first-order chi connectivity index (χ1) is 15.9. The maximum atomic E-state index is 12.9. The maximum Gasteiger partial charge on any atom is 0.341 e. The van der Waals surface area contributed by atoms with Gasteiger partial charge in [-0.25, -0.2) is 13.2 Å². The van der Waals surface area contributed by atoms with Crippen LogP contribution in [0, 0.1) is 0 Å². The summed E-state index contributed by atoms with van der Waals surface area (Å²) >= 11 is 1.43. The van der Waals surface area contributed by atoms with Gasteiger partial charge in [0.2, 0.25) is 0 Å². The third-order valence-electron chi connectivity index (χ3n) is 5.49. The number of methoxy groups -OCH3 is 1. The summed E-state index contributed by atoms with van der Waals surface area (Å²) in [4.78, 5) is 26.6. The Hall–Kier alpha value is -3.17. The van der Waals surface area contributed by atoms with Crippen molar-refractivity contribution in [2.75, 3.05) is 17.1 Å². The lowest BCUT2D eigenvalue weighted by Gasteiger charge is -2.10. The number of sulfonamides is 1. The summed E-state index contributed by atoms with van der Waals surface area (Å²) in [5.41, 5.74) is 2.11. The Labute approximate surface area is 196 Å². The van der Waals surface area contributed by atoms with Crippen molar-refractivity contribution >= 4 is 43.9 Å². The van der Waals surface area contributed by atoms with E-state index in [4.69, 9.17) is 4.74 Å². The average molecular weight is 485 g/mol. The van der Waals surface area contributed by atoms with Crippen LogP contribution < -0.4 is 10.0 Å². The molecule has 1 aliphatic carbocycles. The highest BCUT2D eigenvalue weighted by molar-refractivity contribution is 7.92. The molecule has 3 aromatic rings. The molecule has 0 atom stereocenters. The van der Waals surface area contributed by atoms with Crippen LogP contribution in [0.15, 0.2) is 59.5 Å². The van der Waals surface area contributed by atoms with E-state index in [0.29, 0.717) is 21.8 Å². The van der Waals surface area contributed by atoms with Gasteiger partial charge in [-0.15, -0.1) is 11.3 Å². The summed E-state index contributed by atoms with van der Waals surface area (Å²) < 4.78 is 32.4. The van der Waals surface area contributed by atoms with Crippen molar-refractivity contribution in [3.8, 4) is 0 Å². The Bertz CT molecular complexity index is 1270. The van der Waals surface area contributed by atoms with Gasteiger partial charge in [0.1, 0.15) is 5.00 Å². The number of benzene rings is 2. The molecule has 0 unspecified atom stereocenters. The summed E-state index contributed by atoms with van der Waals surface area (Å²) in [5, 5.41) is 3.35. The van der Waals surface area contributed by atoms with Gasteiger partial charge in [0.05, 0.1) is 17.6 Å². The molecule has 4 rings (SSSR count). The number of fused-ring (bicyclic) bond motifs is 1. The molecule has 0 radical (unpaired) electrons. The molecule has 1 heterocycles. The normalized spacial score (nSPS) is 13.5. The summed E-state index contributed by atoms with van der Waals surface area (Å²) in [6, 6.07) is 14.2. The molecule has 172 valence electrons. The molecule has 0 bridgehead atoms. The van der Waals surface area contributed by atoms with Crippen molar-refractivity contribution in [2.45, 2.75) is 37.0 Å². The summed E-state index contributed by atoms with van der Waals surface area (Å²) in [6.45, 7) is 0. The standard InChI is InChI=1S/C24H24N2O5S2/c1-31-24(28)21-19-10-6-3-7-11-20(19)32-23(21)25-22(27)16-12-14-17(15-13-16)26-33(29,30)18-8-4-2-5-9-18/h2,4-5,8-9,12-15,26H,3,6-7,10-11H2,1H3,(H,25,27). The topological polar surface area (TPSA) is 102 Å². The molecule has 7 nitrogen and oxygen atoms in total. The van der Waals surface area contributed by atoms with Gasteiger partial charge >= 0.3 is 5.97 Å². The van der Waals surface area contributed by atoms with Gasteiger partial charge in [-0.05, 0) is 67.6 Å². The second-order valence-corrected chi connectivity index (χ2v) is 10.5. The number of rotatable bonds is 6. The molecule has 33 heavy (non-hydrogen) atoms. The molecule has 2 aromatic carbocycles. The number of carbonyl (C=O) groups is 2. The van der Waals surface area contributed by atoms with E-state index in [1.165, 1.54) is 54.8 Å². The van der Waals surface area contributed by atoms with Gasteiger partial charge in [-0.3, -0.25) is 9.52 Å². The number of aryl methyl sites for hydroxylation is 1. The first kappa shape index (κ1) is 23.0. The van der Waals surface area contributed by atoms with Gasteiger partial charge in [0.15, 0.2) is 0 Å². The summed E-state index contributed by atoms with van der Waals surface area (Å²) in [6.07, 6.45) is 4.85. The van der Waals surface area contributed by atoms with Crippen LogP contribution in [0.25, 0.3) is 0 Å². The Kier molecular flexibility index (Phi) is 6.80. The summed E-state index contributed by atoms with van der Waals surface area (Å²) in [7, 11) is -2.38. The van der Waals surface area contributed by atoms with Crippen molar-refractivity contribution in [3.05, 3.63) is 76.2 Å². The SMILES string of the molecule is COC(=O)c1c(NC(=O)c2ccc(NS(=O)(=O)c3ccccc3)cc2)sc2c1CCCCC2. The average Bonchev–Trinajstić information content (AvgIpc) is 2.99. The summed E-state index contributed by atoms with van der Waals surface area (Å²) in [5.74, 6) is -0.829. The molecule has 2 N–H and O–H groups in total. The molecule has 0 aliphatic heterocycles. The van der Waals surface area contributed by atoms with Gasteiger partial charge in [0, 0.05) is 16.1 Å². The van der Waals surface area contributed by atoms with Crippen molar-refractivity contribution in [2.24, 2.45) is 0 Å². The first-order valence-electron chi connectivity index (χ1n) is 10.6. The van der Waals surface area contributed by atoms with Crippen LogP contribution in [-0.2, 0) is 27.6 Å². The van der Waals surface area contributed by atoms with Gasteiger partial charge in [-0.1, -0.05) is 24.6 Å². The van der Waals surface area contributed by atoms with E-state index < -0.39 is 16.0 Å². The maximum absolute atomic E-state index is 12.9. The molecule has 0 spiro atoms. The lowest BCUT2D eigenvalue weighted by Crippen LogP contribution is -2.15. The van der Waals surface area contributed by atoms with Crippen LogP contribution >= 0.6 is 11.3 Å². The van der Waals surface area contributed by atoms with E-state index in [-0.39, 0.29) is 10.8 Å². The van der Waals surface area contributed by atoms with E-state index in [1.54, 1.807) is 18.2 Å². The molecule has 1 amide bonds. The highest BCUT2D eigenvalue weighted by Gasteiger charge is 2.26. The Morgan fingerprint density at radius 3 is 2.33 bits per heavy atom. The Morgan fingerprint density at radius 2 is 1.64 bits per heavy atom. The number of hydrogen-bond donors (Lipinski definition) is 2. The quantitative estimate of drug-likeness (QED) is 0.384. The molecule has 0 fully saturated rings. The molecular formula is C24H24N2O5S2. The smallest absolute Gasteiger partial charge is 0.341 e. The van der Waals surface area contributed by atoms with E-state index in [1.807, 2.05) is 0 Å².